The molecule has 110 valence electrons. The van der Waals surface area contributed by atoms with Crippen LogP contribution >= 0.6 is 0 Å². The topological polar surface area (TPSA) is 41.5 Å². The molecule has 5 heteroatoms. The van der Waals surface area contributed by atoms with Gasteiger partial charge in [0.15, 0.2) is 0 Å². The van der Waals surface area contributed by atoms with Crippen LogP contribution in [0.1, 0.15) is 18.9 Å². The number of nitrogens with zero attached hydrogens (tertiary/aromatic N) is 4. The molecule has 0 saturated carbocycles. The number of aryl methyl sites for hydroxylation is 1. The van der Waals surface area contributed by atoms with E-state index in [-0.39, 0.29) is 0 Å². The van der Waals surface area contributed by atoms with Crippen LogP contribution in [-0.4, -0.2) is 60.8 Å². The Bertz CT molecular complexity index is 436. The van der Waals surface area contributed by atoms with E-state index in [0.29, 0.717) is 12.0 Å². The SMILES string of the molecule is CCc1cnc(N2CCO[C@H]3CN(C)CC[C@H]3C2)nc1. The van der Waals surface area contributed by atoms with Crippen LogP contribution in [0.15, 0.2) is 12.4 Å². The second-order valence-electron chi connectivity index (χ2n) is 5.91. The number of rotatable bonds is 2. The van der Waals surface area contributed by atoms with Crippen LogP contribution in [0, 0.1) is 5.92 Å². The Morgan fingerprint density at radius 3 is 2.80 bits per heavy atom. The van der Waals surface area contributed by atoms with Crippen molar-refractivity contribution in [1.82, 2.24) is 14.9 Å². The monoisotopic (exact) mass is 276 g/mol. The molecule has 0 radical (unpaired) electrons. The van der Waals surface area contributed by atoms with Gasteiger partial charge in [0.25, 0.3) is 0 Å². The molecule has 2 aliphatic heterocycles. The number of hydrogen-bond donors (Lipinski definition) is 0. The van der Waals surface area contributed by atoms with Gasteiger partial charge in [0.1, 0.15) is 0 Å². The van der Waals surface area contributed by atoms with E-state index in [2.05, 4.69) is 33.7 Å². The summed E-state index contributed by atoms with van der Waals surface area (Å²) in [5.41, 5.74) is 1.19. The minimum absolute atomic E-state index is 0.369. The van der Waals surface area contributed by atoms with Crippen LogP contribution in [0.5, 0.6) is 0 Å². The fraction of sp³-hybridized carbons (Fsp3) is 0.733. The van der Waals surface area contributed by atoms with Crippen LogP contribution in [0.4, 0.5) is 5.95 Å². The lowest BCUT2D eigenvalue weighted by Gasteiger charge is -2.36. The van der Waals surface area contributed by atoms with Gasteiger partial charge in [0.05, 0.1) is 12.7 Å². The van der Waals surface area contributed by atoms with Crippen LogP contribution in [0.3, 0.4) is 0 Å². The Morgan fingerprint density at radius 2 is 2.05 bits per heavy atom. The minimum atomic E-state index is 0.369. The molecule has 1 aromatic heterocycles. The van der Waals surface area contributed by atoms with E-state index in [1.807, 2.05) is 12.4 Å². The smallest absolute Gasteiger partial charge is 0.225 e. The van der Waals surface area contributed by atoms with Crippen LogP contribution in [0.2, 0.25) is 0 Å². The highest BCUT2D eigenvalue weighted by Crippen LogP contribution is 2.24. The summed E-state index contributed by atoms with van der Waals surface area (Å²) in [7, 11) is 2.18. The van der Waals surface area contributed by atoms with Crippen molar-refractivity contribution in [2.75, 3.05) is 44.7 Å². The summed E-state index contributed by atoms with van der Waals surface area (Å²) in [6.45, 7) is 7.02. The average Bonchev–Trinajstić information content (AvgIpc) is 2.69. The zero-order chi connectivity index (χ0) is 13.9. The Hall–Kier alpha value is -1.20. The van der Waals surface area contributed by atoms with Crippen molar-refractivity contribution in [3.63, 3.8) is 0 Å². The first-order valence-electron chi connectivity index (χ1n) is 7.62. The second-order valence-corrected chi connectivity index (χ2v) is 5.91. The molecule has 1 aromatic rings. The molecule has 0 aliphatic carbocycles. The summed E-state index contributed by atoms with van der Waals surface area (Å²) in [4.78, 5) is 13.7. The van der Waals surface area contributed by atoms with Gasteiger partial charge >= 0.3 is 0 Å². The molecule has 3 heterocycles. The zero-order valence-corrected chi connectivity index (χ0v) is 12.5. The van der Waals surface area contributed by atoms with Crippen molar-refractivity contribution in [2.24, 2.45) is 5.92 Å². The summed E-state index contributed by atoms with van der Waals surface area (Å²) >= 11 is 0. The largest absolute Gasteiger partial charge is 0.375 e. The van der Waals surface area contributed by atoms with Gasteiger partial charge in [-0.1, -0.05) is 6.92 Å². The molecule has 5 nitrogen and oxygen atoms in total. The summed E-state index contributed by atoms with van der Waals surface area (Å²) in [6, 6.07) is 0. The number of piperidine rings is 1. The number of anilines is 1. The average molecular weight is 276 g/mol. The van der Waals surface area contributed by atoms with E-state index in [0.717, 1.165) is 45.2 Å². The van der Waals surface area contributed by atoms with Crippen molar-refractivity contribution in [3.05, 3.63) is 18.0 Å². The number of ether oxygens (including phenoxy) is 1. The van der Waals surface area contributed by atoms with Gasteiger partial charge in [0.2, 0.25) is 5.95 Å². The number of fused-ring (bicyclic) bond motifs is 1. The second kappa shape index (κ2) is 6.06. The Labute approximate surface area is 121 Å². The molecule has 0 amide bonds. The maximum Gasteiger partial charge on any atom is 0.225 e. The molecule has 0 N–H and O–H groups in total. The molecule has 0 bridgehead atoms. The number of likely N-dealkylation sites (N-methyl/N-ethyl adjacent to an activating group) is 1. The molecular weight excluding hydrogens is 252 g/mol. The maximum absolute atomic E-state index is 6.04. The molecule has 2 fully saturated rings. The number of likely N-dealkylation sites (tertiary alicyclic amines) is 1. The molecule has 0 aromatic carbocycles. The first-order chi connectivity index (χ1) is 9.76. The predicted molar refractivity (Wildman–Crippen MR) is 79.0 cm³/mol. The molecule has 3 rings (SSSR count). The van der Waals surface area contributed by atoms with Crippen molar-refractivity contribution >= 4 is 5.95 Å². The quantitative estimate of drug-likeness (QED) is 0.812. The third-order valence-electron chi connectivity index (χ3n) is 4.43. The van der Waals surface area contributed by atoms with Gasteiger partial charge in [-0.15, -0.1) is 0 Å². The van der Waals surface area contributed by atoms with Gasteiger partial charge in [-0.2, -0.15) is 0 Å². The molecule has 0 spiro atoms. The van der Waals surface area contributed by atoms with Gasteiger partial charge in [-0.05, 0) is 32.0 Å². The summed E-state index contributed by atoms with van der Waals surface area (Å²) in [5.74, 6) is 1.45. The Balaban J connectivity index is 1.71. The normalized spacial score (nSPS) is 28.0. The fourth-order valence-corrected chi connectivity index (χ4v) is 3.08. The molecule has 2 atom stereocenters. The van der Waals surface area contributed by atoms with E-state index in [9.17, 15) is 0 Å². The van der Waals surface area contributed by atoms with E-state index in [1.54, 1.807) is 0 Å². The van der Waals surface area contributed by atoms with Crippen molar-refractivity contribution in [1.29, 1.82) is 0 Å². The summed E-state index contributed by atoms with van der Waals surface area (Å²) in [5, 5.41) is 0. The third kappa shape index (κ3) is 2.94. The highest BCUT2D eigenvalue weighted by molar-refractivity contribution is 5.30. The first-order valence-corrected chi connectivity index (χ1v) is 7.62. The van der Waals surface area contributed by atoms with Gasteiger partial charge in [-0.3, -0.25) is 0 Å². The lowest BCUT2D eigenvalue weighted by atomic mass is 9.94. The van der Waals surface area contributed by atoms with Crippen LogP contribution in [-0.2, 0) is 11.2 Å². The van der Waals surface area contributed by atoms with Crippen molar-refractivity contribution in [3.8, 4) is 0 Å². The number of aromatic nitrogens is 2. The lowest BCUT2D eigenvalue weighted by Crippen LogP contribution is -2.45. The predicted octanol–water partition coefficient (Wildman–Crippen LogP) is 1.20. The fourth-order valence-electron chi connectivity index (χ4n) is 3.08. The molecule has 2 aliphatic rings. The van der Waals surface area contributed by atoms with E-state index < -0.39 is 0 Å². The number of hydrogen-bond acceptors (Lipinski definition) is 5. The maximum atomic E-state index is 6.04. The van der Waals surface area contributed by atoms with Crippen molar-refractivity contribution in [2.45, 2.75) is 25.9 Å². The Morgan fingerprint density at radius 1 is 1.25 bits per heavy atom. The van der Waals surface area contributed by atoms with Gasteiger partial charge in [0, 0.05) is 37.9 Å². The lowest BCUT2D eigenvalue weighted by molar-refractivity contribution is -0.0148. The molecule has 20 heavy (non-hydrogen) atoms. The summed E-state index contributed by atoms with van der Waals surface area (Å²) < 4.78 is 6.04. The van der Waals surface area contributed by atoms with E-state index in [4.69, 9.17) is 4.74 Å². The van der Waals surface area contributed by atoms with Gasteiger partial charge < -0.3 is 14.5 Å². The van der Waals surface area contributed by atoms with Gasteiger partial charge in [-0.25, -0.2) is 9.97 Å². The van der Waals surface area contributed by atoms with E-state index >= 15 is 0 Å². The third-order valence-corrected chi connectivity index (χ3v) is 4.43. The molecule has 0 unspecified atom stereocenters. The molecule has 2 saturated heterocycles. The standard InChI is InChI=1S/C15H24N4O/c1-3-12-8-16-15(17-9-12)19-6-7-20-14-11-18(2)5-4-13(14)10-19/h8-9,13-14H,3-7,10-11H2,1-2H3/t13-,14-/m0/s1. The zero-order valence-electron chi connectivity index (χ0n) is 12.5. The molecular formula is C15H24N4O. The van der Waals surface area contributed by atoms with Crippen LogP contribution in [0.25, 0.3) is 0 Å². The highest BCUT2D eigenvalue weighted by atomic mass is 16.5. The minimum Gasteiger partial charge on any atom is -0.375 e. The summed E-state index contributed by atoms with van der Waals surface area (Å²) in [6.07, 6.45) is 6.44. The van der Waals surface area contributed by atoms with E-state index in [1.165, 1.54) is 12.0 Å². The first kappa shape index (κ1) is 13.8. The highest BCUT2D eigenvalue weighted by Gasteiger charge is 2.32. The van der Waals surface area contributed by atoms with Crippen molar-refractivity contribution < 1.29 is 4.74 Å². The Kier molecular flexibility index (Phi) is 4.17. The van der Waals surface area contributed by atoms with Crippen LogP contribution < -0.4 is 4.90 Å².